The van der Waals surface area contributed by atoms with Crippen LogP contribution in [0, 0.1) is 0 Å². The fourth-order valence-electron chi connectivity index (χ4n) is 3.71. The number of carbonyl (C=O) groups excluding carboxylic acids is 1. The van der Waals surface area contributed by atoms with Gasteiger partial charge in [-0.15, -0.1) is 24.0 Å². The van der Waals surface area contributed by atoms with E-state index in [4.69, 9.17) is 9.26 Å². The molecular weight excluding hydrogens is 535 g/mol. The van der Waals surface area contributed by atoms with E-state index in [1.807, 2.05) is 36.1 Å². The van der Waals surface area contributed by atoms with E-state index in [0.29, 0.717) is 18.1 Å². The first-order valence-electron chi connectivity index (χ1n) is 11.3. The second kappa shape index (κ2) is 14.0. The molecule has 2 heterocycles. The summed E-state index contributed by atoms with van der Waals surface area (Å²) < 4.78 is 10.6. The standard InChI is InChI=1S/C23H34N6O3.HI/c1-4-21(30)29-15-13-18(16-29)26-23(24-2)25-14-7-5-6-8-20-27-22(28-32-20)17-9-11-19(31-3)12-10-17;/h9-12,18H,4-8,13-16H2,1-3H3,(H2,24,25,26);1H. The van der Waals surface area contributed by atoms with Crippen LogP contribution in [0.15, 0.2) is 33.8 Å². The zero-order chi connectivity index (χ0) is 22.8. The molecule has 10 heteroatoms. The normalized spacial score (nSPS) is 15.8. The average molecular weight is 570 g/mol. The smallest absolute Gasteiger partial charge is 0.226 e. The molecule has 3 rings (SSSR count). The van der Waals surface area contributed by atoms with Crippen LogP contribution in [0.2, 0.25) is 0 Å². The fraction of sp³-hybridized carbons (Fsp3) is 0.565. The molecule has 182 valence electrons. The monoisotopic (exact) mass is 570 g/mol. The van der Waals surface area contributed by atoms with E-state index < -0.39 is 0 Å². The molecule has 33 heavy (non-hydrogen) atoms. The maximum Gasteiger partial charge on any atom is 0.226 e. The topological polar surface area (TPSA) is 105 Å². The number of hydrogen-bond donors (Lipinski definition) is 2. The van der Waals surface area contributed by atoms with Crippen LogP contribution < -0.4 is 15.4 Å². The van der Waals surface area contributed by atoms with Gasteiger partial charge in [-0.05, 0) is 43.5 Å². The van der Waals surface area contributed by atoms with E-state index in [0.717, 1.165) is 69.0 Å². The Morgan fingerprint density at radius 3 is 2.76 bits per heavy atom. The second-order valence-electron chi connectivity index (χ2n) is 7.87. The number of benzene rings is 1. The third-order valence-electron chi connectivity index (χ3n) is 5.58. The number of rotatable bonds is 10. The van der Waals surface area contributed by atoms with Crippen LogP contribution in [0.4, 0.5) is 0 Å². The number of ether oxygens (including phenoxy) is 1. The minimum atomic E-state index is 0. The van der Waals surface area contributed by atoms with Gasteiger partial charge in [0.05, 0.1) is 7.11 Å². The summed E-state index contributed by atoms with van der Waals surface area (Å²) in [5.74, 6) is 3.07. The van der Waals surface area contributed by atoms with Crippen molar-refractivity contribution in [2.24, 2.45) is 4.99 Å². The zero-order valence-corrected chi connectivity index (χ0v) is 22.0. The summed E-state index contributed by atoms with van der Waals surface area (Å²) in [5, 5.41) is 10.9. The molecule has 1 atom stereocenters. The van der Waals surface area contributed by atoms with E-state index in [9.17, 15) is 4.79 Å². The number of halogens is 1. The van der Waals surface area contributed by atoms with Gasteiger partial charge in [0, 0.05) is 51.1 Å². The highest BCUT2D eigenvalue weighted by Gasteiger charge is 2.25. The summed E-state index contributed by atoms with van der Waals surface area (Å²) in [5.41, 5.74) is 0.910. The number of aromatic nitrogens is 2. The molecule has 0 spiro atoms. The van der Waals surface area contributed by atoms with E-state index in [1.54, 1.807) is 14.2 Å². The first kappa shape index (κ1) is 26.9. The van der Waals surface area contributed by atoms with Crippen LogP contribution in [-0.4, -0.2) is 66.7 Å². The van der Waals surface area contributed by atoms with Gasteiger partial charge in [-0.1, -0.05) is 18.5 Å². The summed E-state index contributed by atoms with van der Waals surface area (Å²) in [6.45, 7) is 4.31. The van der Waals surface area contributed by atoms with Crippen molar-refractivity contribution in [3.05, 3.63) is 30.2 Å². The van der Waals surface area contributed by atoms with Crippen molar-refractivity contribution in [2.45, 2.75) is 51.5 Å². The van der Waals surface area contributed by atoms with Crippen LogP contribution in [0.5, 0.6) is 5.75 Å². The first-order chi connectivity index (χ1) is 15.6. The molecular formula is C23H35IN6O3. The van der Waals surface area contributed by atoms with E-state index in [-0.39, 0.29) is 35.9 Å². The van der Waals surface area contributed by atoms with Gasteiger partial charge in [0.1, 0.15) is 5.75 Å². The first-order valence-corrected chi connectivity index (χ1v) is 11.3. The van der Waals surface area contributed by atoms with Gasteiger partial charge in [-0.25, -0.2) is 0 Å². The molecule has 1 unspecified atom stereocenters. The molecule has 1 aromatic heterocycles. The number of amides is 1. The van der Waals surface area contributed by atoms with Crippen molar-refractivity contribution in [2.75, 3.05) is 33.8 Å². The van der Waals surface area contributed by atoms with Gasteiger partial charge < -0.3 is 24.8 Å². The van der Waals surface area contributed by atoms with Gasteiger partial charge in [-0.3, -0.25) is 9.79 Å². The number of unbranched alkanes of at least 4 members (excludes halogenated alkanes) is 2. The third-order valence-corrected chi connectivity index (χ3v) is 5.58. The molecule has 0 aliphatic carbocycles. The Bertz CT molecular complexity index is 887. The van der Waals surface area contributed by atoms with E-state index in [2.05, 4.69) is 25.8 Å². The lowest BCUT2D eigenvalue weighted by Gasteiger charge is -2.18. The molecule has 0 saturated carbocycles. The Morgan fingerprint density at radius 1 is 1.27 bits per heavy atom. The van der Waals surface area contributed by atoms with Gasteiger partial charge >= 0.3 is 0 Å². The van der Waals surface area contributed by atoms with Gasteiger partial charge in [0.2, 0.25) is 17.6 Å². The molecule has 1 amide bonds. The minimum Gasteiger partial charge on any atom is -0.497 e. The van der Waals surface area contributed by atoms with Crippen LogP contribution in [-0.2, 0) is 11.2 Å². The lowest BCUT2D eigenvalue weighted by Crippen LogP contribution is -2.45. The SMILES string of the molecule is CCC(=O)N1CCC(NC(=NC)NCCCCCc2nc(-c3ccc(OC)cc3)no2)C1.I. The number of aliphatic imine (C=N–C) groups is 1. The predicted octanol–water partition coefficient (Wildman–Crippen LogP) is 3.25. The molecule has 0 radical (unpaired) electrons. The summed E-state index contributed by atoms with van der Waals surface area (Å²) in [6, 6.07) is 7.87. The maximum absolute atomic E-state index is 11.8. The van der Waals surface area contributed by atoms with Gasteiger partial charge in [-0.2, -0.15) is 4.98 Å². The second-order valence-corrected chi connectivity index (χ2v) is 7.87. The van der Waals surface area contributed by atoms with E-state index >= 15 is 0 Å². The number of likely N-dealkylation sites (tertiary alicyclic amines) is 1. The highest BCUT2D eigenvalue weighted by Crippen LogP contribution is 2.20. The largest absolute Gasteiger partial charge is 0.497 e. The molecule has 2 N–H and O–H groups in total. The lowest BCUT2D eigenvalue weighted by molar-refractivity contribution is -0.129. The number of aryl methyl sites for hydroxylation is 1. The summed E-state index contributed by atoms with van der Waals surface area (Å²) in [6.07, 6.45) is 5.33. The molecule has 1 saturated heterocycles. The highest BCUT2D eigenvalue weighted by molar-refractivity contribution is 14.0. The van der Waals surface area contributed by atoms with E-state index in [1.165, 1.54) is 0 Å². The van der Waals surface area contributed by atoms with Crippen molar-refractivity contribution in [3.63, 3.8) is 0 Å². The van der Waals surface area contributed by atoms with Crippen molar-refractivity contribution in [3.8, 4) is 17.1 Å². The predicted molar refractivity (Wildman–Crippen MR) is 139 cm³/mol. The van der Waals surface area contributed by atoms with Crippen LogP contribution in [0.3, 0.4) is 0 Å². The molecule has 1 aliphatic heterocycles. The van der Waals surface area contributed by atoms with Crippen molar-refractivity contribution < 1.29 is 14.1 Å². The number of carbonyl (C=O) groups is 1. The number of guanidine groups is 1. The average Bonchev–Trinajstić information content (AvgIpc) is 3.50. The molecule has 1 aromatic carbocycles. The Labute approximate surface area is 212 Å². The number of hydrogen-bond acceptors (Lipinski definition) is 6. The number of methoxy groups -OCH3 is 1. The number of nitrogens with zero attached hydrogens (tertiary/aromatic N) is 4. The summed E-state index contributed by atoms with van der Waals surface area (Å²) >= 11 is 0. The molecule has 9 nitrogen and oxygen atoms in total. The molecule has 1 aliphatic rings. The summed E-state index contributed by atoms with van der Waals surface area (Å²) in [4.78, 5) is 22.5. The van der Waals surface area contributed by atoms with Crippen LogP contribution in [0.25, 0.3) is 11.4 Å². The third kappa shape index (κ3) is 8.17. The summed E-state index contributed by atoms with van der Waals surface area (Å²) in [7, 11) is 3.42. The molecule has 0 bridgehead atoms. The van der Waals surface area contributed by atoms with Crippen molar-refractivity contribution in [1.29, 1.82) is 0 Å². The molecule has 1 fully saturated rings. The van der Waals surface area contributed by atoms with Crippen molar-refractivity contribution in [1.82, 2.24) is 25.7 Å². The minimum absolute atomic E-state index is 0. The Hall–Kier alpha value is -2.37. The lowest BCUT2D eigenvalue weighted by atomic mass is 10.2. The van der Waals surface area contributed by atoms with Gasteiger partial charge in [0.15, 0.2) is 5.96 Å². The zero-order valence-electron chi connectivity index (χ0n) is 19.7. The van der Waals surface area contributed by atoms with Crippen LogP contribution >= 0.6 is 24.0 Å². The number of nitrogens with one attached hydrogen (secondary N) is 2. The van der Waals surface area contributed by atoms with Crippen molar-refractivity contribution >= 4 is 35.8 Å². The highest BCUT2D eigenvalue weighted by atomic mass is 127. The Balaban J connectivity index is 0.00000385. The Morgan fingerprint density at radius 2 is 2.06 bits per heavy atom. The molecule has 2 aromatic rings. The van der Waals surface area contributed by atoms with Gasteiger partial charge in [0.25, 0.3) is 0 Å². The fourth-order valence-corrected chi connectivity index (χ4v) is 3.71. The quantitative estimate of drug-likeness (QED) is 0.196. The Kier molecular flexibility index (Phi) is 11.4. The maximum atomic E-state index is 11.8. The van der Waals surface area contributed by atoms with Crippen LogP contribution in [0.1, 0.15) is 44.9 Å².